The van der Waals surface area contributed by atoms with Crippen molar-refractivity contribution in [2.24, 2.45) is 40.4 Å². The third-order valence-electron chi connectivity index (χ3n) is 13.3. The van der Waals surface area contributed by atoms with Crippen LogP contribution in [0.3, 0.4) is 0 Å². The van der Waals surface area contributed by atoms with Crippen molar-refractivity contribution in [3.63, 3.8) is 0 Å². The zero-order valence-electron chi connectivity index (χ0n) is 29.2. The Labute approximate surface area is 283 Å². The maximum absolute atomic E-state index is 14.2. The van der Waals surface area contributed by atoms with Crippen LogP contribution in [0, 0.1) is 40.4 Å². The second-order valence-electron chi connectivity index (χ2n) is 16.6. The Morgan fingerprint density at radius 2 is 1.71 bits per heavy atom. The van der Waals surface area contributed by atoms with Gasteiger partial charge in [-0.2, -0.15) is 0 Å². The number of hydrogen-bond donors (Lipinski definition) is 2. The molecule has 1 amide bonds. The molecule has 0 unspecified atom stereocenters. The highest BCUT2D eigenvalue weighted by Crippen LogP contribution is 2.66. The summed E-state index contributed by atoms with van der Waals surface area (Å²) in [4.78, 5) is 15.8. The Kier molecular flexibility index (Phi) is 9.55. The molecule has 1 aromatic carbocycles. The molecule has 5 aliphatic carbocycles. The first-order valence-corrected chi connectivity index (χ1v) is 18.1. The summed E-state index contributed by atoms with van der Waals surface area (Å²) >= 11 is 0. The average molecular weight is 674 g/mol. The topological polar surface area (TPSA) is 79.2 Å². The lowest BCUT2D eigenvalue weighted by molar-refractivity contribution is -0.274. The highest BCUT2D eigenvalue weighted by Gasteiger charge is 2.62. The van der Waals surface area contributed by atoms with Gasteiger partial charge in [-0.05, 0) is 110 Å². The molecule has 0 bridgehead atoms. The molecule has 1 aromatic rings. The van der Waals surface area contributed by atoms with E-state index in [0.717, 1.165) is 57.8 Å². The number of carbonyl (C=O) groups is 1. The zero-order valence-corrected chi connectivity index (χ0v) is 29.2. The number of aliphatic hydroxyl groups excluding tert-OH is 1. The van der Waals surface area contributed by atoms with Gasteiger partial charge in [-0.15, -0.1) is 13.2 Å². The van der Waals surface area contributed by atoms with Crippen molar-refractivity contribution >= 4 is 6.09 Å². The van der Waals surface area contributed by atoms with Gasteiger partial charge in [-0.3, -0.25) is 0 Å². The first kappa shape index (κ1) is 35.3. The quantitative estimate of drug-likeness (QED) is 0.302. The molecule has 6 rings (SSSR count). The Balaban J connectivity index is 1.26. The molecule has 5 aliphatic rings. The van der Waals surface area contributed by atoms with Crippen molar-refractivity contribution in [1.82, 2.24) is 4.90 Å². The third kappa shape index (κ3) is 6.67. The largest absolute Gasteiger partial charge is 0.573 e. The van der Waals surface area contributed by atoms with Crippen molar-refractivity contribution in [2.75, 3.05) is 6.54 Å². The fourth-order valence-electron chi connectivity index (χ4n) is 10.3. The van der Waals surface area contributed by atoms with Crippen molar-refractivity contribution < 1.29 is 37.7 Å². The lowest BCUT2D eigenvalue weighted by Crippen LogP contribution is -2.57. The number of allylic oxidation sites excluding steroid dienone is 3. The minimum Gasteiger partial charge on any atom is -0.446 e. The van der Waals surface area contributed by atoms with Crippen LogP contribution in [-0.4, -0.2) is 51.9 Å². The number of rotatable bonds is 7. The molecular formula is C39H54F3NO5. The number of alkyl halides is 3. The molecule has 6 nitrogen and oxygen atoms in total. The number of nitrogens with zero attached hydrogens (tertiary/aromatic N) is 1. The highest BCUT2D eigenvalue weighted by atomic mass is 19.4. The van der Waals surface area contributed by atoms with Gasteiger partial charge in [0.2, 0.25) is 0 Å². The second-order valence-corrected chi connectivity index (χ2v) is 16.6. The highest BCUT2D eigenvalue weighted by molar-refractivity contribution is 5.68. The van der Waals surface area contributed by atoms with E-state index in [1.54, 1.807) is 4.90 Å². The van der Waals surface area contributed by atoms with Gasteiger partial charge in [0.15, 0.2) is 0 Å². The Bertz CT molecular complexity index is 1410. The summed E-state index contributed by atoms with van der Waals surface area (Å²) in [7, 11) is 0. The van der Waals surface area contributed by atoms with Gasteiger partial charge < -0.3 is 24.6 Å². The van der Waals surface area contributed by atoms with E-state index in [1.165, 1.54) is 35.4 Å². The molecule has 0 aliphatic heterocycles. The predicted molar refractivity (Wildman–Crippen MR) is 178 cm³/mol. The maximum Gasteiger partial charge on any atom is 0.573 e. The van der Waals surface area contributed by atoms with Crippen molar-refractivity contribution in [3.8, 4) is 5.75 Å². The number of carbonyl (C=O) groups excluding carboxylic acids is 1. The van der Waals surface area contributed by atoms with Crippen LogP contribution >= 0.6 is 0 Å². The van der Waals surface area contributed by atoms with Gasteiger partial charge in [0, 0.05) is 12.0 Å². The molecule has 48 heavy (non-hydrogen) atoms. The van der Waals surface area contributed by atoms with Crippen LogP contribution in [0.25, 0.3) is 0 Å². The van der Waals surface area contributed by atoms with Gasteiger partial charge in [0.1, 0.15) is 11.9 Å². The molecule has 0 heterocycles. The molecule has 2 N–H and O–H groups in total. The summed E-state index contributed by atoms with van der Waals surface area (Å²) in [6, 6.07) is 5.59. The van der Waals surface area contributed by atoms with E-state index in [-0.39, 0.29) is 48.3 Å². The van der Waals surface area contributed by atoms with Crippen molar-refractivity contribution in [2.45, 2.75) is 130 Å². The average Bonchev–Trinajstić information content (AvgIpc) is 3.27. The summed E-state index contributed by atoms with van der Waals surface area (Å²) in [6.07, 6.45) is 7.19. The van der Waals surface area contributed by atoms with Gasteiger partial charge in [0.25, 0.3) is 0 Å². The standard InChI is InChI=1S/C39H54F3NO5/c1-24(2)30-12-6-25(3)20-34(30)47-35(45)43(22-26-7-10-29(11-8-26)48-39(40,41)42)23-38(46)19-16-33-31-13-9-27-21-28(44)14-17-36(27,4)32(31)15-18-37(33,38)5/h7-11,13,24-25,28,30,32-34,44,46H,6,12,14-23H2,1-5H3/t25-,28-,30+,32-,33-,34-,36-,37-,38+/m0/s1. The van der Waals surface area contributed by atoms with E-state index in [2.05, 4.69) is 51.5 Å². The fraction of sp³-hybridized carbons (Fsp3) is 0.718. The van der Waals surface area contributed by atoms with E-state index in [9.17, 15) is 28.2 Å². The van der Waals surface area contributed by atoms with Crippen LogP contribution in [0.4, 0.5) is 18.0 Å². The molecule has 0 spiro atoms. The summed E-state index contributed by atoms with van der Waals surface area (Å²) in [5.41, 5.74) is 1.75. The number of halogens is 3. The zero-order chi connectivity index (χ0) is 34.6. The summed E-state index contributed by atoms with van der Waals surface area (Å²) < 4.78 is 48.9. The number of benzene rings is 1. The Hall–Kier alpha value is -2.52. The summed E-state index contributed by atoms with van der Waals surface area (Å²) in [5.74, 6) is 1.27. The van der Waals surface area contributed by atoms with Crippen LogP contribution in [0.1, 0.15) is 104 Å². The molecular weight excluding hydrogens is 619 g/mol. The number of fused-ring (bicyclic) bond motifs is 5. The predicted octanol–water partition coefficient (Wildman–Crippen LogP) is 8.96. The SMILES string of the molecule is CC(C)[C@H]1CC[C@H](C)C[C@@H]1OC(=O)N(Cc1ccc(OC(F)(F)F)cc1)C[C@]1(O)CC[C@H]2C3=CC=C4C[C@@H](O)CC[C@]4(C)[C@H]3CC[C@@]21C. The van der Waals surface area contributed by atoms with Gasteiger partial charge >= 0.3 is 12.5 Å². The Morgan fingerprint density at radius 1 is 1.00 bits per heavy atom. The summed E-state index contributed by atoms with van der Waals surface area (Å²) in [5, 5.41) is 23.0. The molecule has 4 saturated carbocycles. The number of ether oxygens (including phenoxy) is 2. The van der Waals surface area contributed by atoms with Crippen LogP contribution in [0.5, 0.6) is 5.75 Å². The first-order chi connectivity index (χ1) is 22.5. The molecule has 266 valence electrons. The molecule has 4 fully saturated rings. The first-order valence-electron chi connectivity index (χ1n) is 18.1. The second kappa shape index (κ2) is 13.0. The minimum absolute atomic E-state index is 0.0211. The maximum atomic E-state index is 14.2. The van der Waals surface area contributed by atoms with Gasteiger partial charge in [-0.25, -0.2) is 4.79 Å². The van der Waals surface area contributed by atoms with Crippen molar-refractivity contribution in [1.29, 1.82) is 0 Å². The van der Waals surface area contributed by atoms with E-state index in [1.807, 2.05) is 0 Å². The van der Waals surface area contributed by atoms with Crippen LogP contribution < -0.4 is 4.74 Å². The minimum atomic E-state index is -4.79. The smallest absolute Gasteiger partial charge is 0.446 e. The monoisotopic (exact) mass is 673 g/mol. The molecule has 9 atom stereocenters. The number of hydrogen-bond acceptors (Lipinski definition) is 5. The fourth-order valence-corrected chi connectivity index (χ4v) is 10.3. The third-order valence-corrected chi connectivity index (χ3v) is 13.3. The van der Waals surface area contributed by atoms with Crippen LogP contribution in [-0.2, 0) is 11.3 Å². The van der Waals surface area contributed by atoms with Crippen LogP contribution in [0.15, 0.2) is 47.6 Å². The molecule has 0 aromatic heterocycles. The van der Waals surface area contributed by atoms with Gasteiger partial charge in [0.05, 0.1) is 18.2 Å². The van der Waals surface area contributed by atoms with E-state index >= 15 is 0 Å². The van der Waals surface area contributed by atoms with E-state index in [0.29, 0.717) is 29.7 Å². The van der Waals surface area contributed by atoms with Crippen molar-refractivity contribution in [3.05, 3.63) is 53.1 Å². The molecule has 0 radical (unpaired) electrons. The Morgan fingerprint density at radius 3 is 2.40 bits per heavy atom. The number of aliphatic hydroxyl groups is 2. The van der Waals surface area contributed by atoms with Gasteiger partial charge in [-0.1, -0.05) is 76.5 Å². The number of amides is 1. The lowest BCUT2D eigenvalue weighted by Gasteiger charge is -2.56. The van der Waals surface area contributed by atoms with Crippen LogP contribution in [0.2, 0.25) is 0 Å². The van der Waals surface area contributed by atoms with E-state index < -0.39 is 23.5 Å². The lowest BCUT2D eigenvalue weighted by atomic mass is 9.50. The normalized spacial score (nSPS) is 37.9. The molecule has 0 saturated heterocycles. The van der Waals surface area contributed by atoms with E-state index in [4.69, 9.17) is 4.74 Å². The molecule has 9 heteroatoms. The summed E-state index contributed by atoms with van der Waals surface area (Å²) in [6.45, 7) is 11.2.